The van der Waals surface area contributed by atoms with Crippen molar-refractivity contribution in [3.05, 3.63) is 29.8 Å². The number of nitrogens with one attached hydrogen (secondary N) is 1. The molecule has 0 spiro atoms. The molecule has 0 atom stereocenters. The van der Waals surface area contributed by atoms with Crippen LogP contribution in [0.4, 0.5) is 0 Å². The molecule has 1 aliphatic carbocycles. The Labute approximate surface area is 162 Å². The molecule has 1 amide bonds. The average Bonchev–Trinajstić information content (AvgIpc) is 2.69. The first-order valence-corrected chi connectivity index (χ1v) is 11.6. The average molecular weight is 395 g/mol. The molecule has 1 N–H and O–H groups in total. The summed E-state index contributed by atoms with van der Waals surface area (Å²) in [6.07, 6.45) is 4.90. The quantitative estimate of drug-likeness (QED) is 0.795. The maximum absolute atomic E-state index is 13.3. The lowest BCUT2D eigenvalue weighted by Gasteiger charge is -2.37. The largest absolute Gasteiger partial charge is 0.496 e. The molecule has 1 aromatic carbocycles. The minimum Gasteiger partial charge on any atom is -0.496 e. The maximum atomic E-state index is 13.3. The molecule has 7 heteroatoms. The fourth-order valence-corrected chi connectivity index (χ4v) is 5.56. The van der Waals surface area contributed by atoms with Gasteiger partial charge in [-0.2, -0.15) is 0 Å². The van der Waals surface area contributed by atoms with Crippen molar-refractivity contribution in [1.82, 2.24) is 10.2 Å². The highest BCUT2D eigenvalue weighted by molar-refractivity contribution is 7.91. The maximum Gasteiger partial charge on any atom is 0.230 e. The number of rotatable bonds is 6. The molecule has 1 aliphatic heterocycles. The second-order valence-corrected chi connectivity index (χ2v) is 9.90. The lowest BCUT2D eigenvalue weighted by atomic mass is 9.68. The van der Waals surface area contributed by atoms with Crippen LogP contribution in [0.15, 0.2) is 24.3 Å². The van der Waals surface area contributed by atoms with E-state index >= 15 is 0 Å². The van der Waals surface area contributed by atoms with Gasteiger partial charge in [0.1, 0.15) is 5.75 Å². The van der Waals surface area contributed by atoms with Gasteiger partial charge in [-0.05, 0) is 18.9 Å². The van der Waals surface area contributed by atoms with Crippen LogP contribution in [0.1, 0.15) is 37.7 Å². The Balaban J connectivity index is 1.66. The molecule has 3 rings (SSSR count). The van der Waals surface area contributed by atoms with Gasteiger partial charge in [0.2, 0.25) is 5.91 Å². The minimum absolute atomic E-state index is 0.0660. The van der Waals surface area contributed by atoms with Gasteiger partial charge in [0.05, 0.1) is 24.0 Å². The Morgan fingerprint density at radius 1 is 1.15 bits per heavy atom. The van der Waals surface area contributed by atoms with Gasteiger partial charge in [-0.3, -0.25) is 9.69 Å². The summed E-state index contributed by atoms with van der Waals surface area (Å²) >= 11 is 0. The summed E-state index contributed by atoms with van der Waals surface area (Å²) in [6.45, 7) is 2.32. The molecular formula is C20H30N2O4S. The number of carbonyl (C=O) groups is 1. The van der Waals surface area contributed by atoms with Crippen LogP contribution in [-0.2, 0) is 20.0 Å². The molecule has 1 heterocycles. The van der Waals surface area contributed by atoms with Gasteiger partial charge in [0.25, 0.3) is 0 Å². The summed E-state index contributed by atoms with van der Waals surface area (Å²) < 4.78 is 28.6. The van der Waals surface area contributed by atoms with E-state index in [1.165, 1.54) is 0 Å². The van der Waals surface area contributed by atoms with Gasteiger partial charge in [0.15, 0.2) is 9.84 Å². The topological polar surface area (TPSA) is 75.7 Å². The number of para-hydroxylation sites is 1. The van der Waals surface area contributed by atoms with Crippen LogP contribution in [-0.4, -0.2) is 64.0 Å². The smallest absolute Gasteiger partial charge is 0.230 e. The summed E-state index contributed by atoms with van der Waals surface area (Å²) in [7, 11) is -1.22. The monoisotopic (exact) mass is 394 g/mol. The van der Waals surface area contributed by atoms with Crippen molar-refractivity contribution in [2.45, 2.75) is 37.5 Å². The van der Waals surface area contributed by atoms with E-state index in [2.05, 4.69) is 10.2 Å². The van der Waals surface area contributed by atoms with Gasteiger partial charge in [-0.1, -0.05) is 37.5 Å². The highest BCUT2D eigenvalue weighted by atomic mass is 32.2. The minimum atomic E-state index is -2.87. The van der Waals surface area contributed by atoms with Crippen LogP contribution in [0.25, 0.3) is 0 Å². The molecular weight excluding hydrogens is 364 g/mol. The third-order valence-electron chi connectivity index (χ3n) is 5.91. The second-order valence-electron chi connectivity index (χ2n) is 7.59. The number of ether oxygens (including phenoxy) is 1. The third kappa shape index (κ3) is 4.63. The molecule has 150 valence electrons. The molecule has 6 nitrogen and oxygen atoms in total. The summed E-state index contributed by atoms with van der Waals surface area (Å²) in [4.78, 5) is 15.4. The van der Waals surface area contributed by atoms with E-state index in [0.717, 1.165) is 43.4 Å². The van der Waals surface area contributed by atoms with Crippen molar-refractivity contribution in [1.29, 1.82) is 0 Å². The lowest BCUT2D eigenvalue weighted by Crippen LogP contribution is -2.49. The highest BCUT2D eigenvalue weighted by Crippen LogP contribution is 2.43. The first-order valence-electron chi connectivity index (χ1n) is 9.81. The zero-order chi connectivity index (χ0) is 19.3. The molecule has 27 heavy (non-hydrogen) atoms. The van der Waals surface area contributed by atoms with E-state index in [4.69, 9.17) is 4.74 Å². The number of hydrogen-bond donors (Lipinski definition) is 1. The molecule has 0 radical (unpaired) electrons. The van der Waals surface area contributed by atoms with E-state index in [0.29, 0.717) is 26.2 Å². The molecule has 1 saturated carbocycles. The number of carbonyl (C=O) groups excluding carboxylic acids is 1. The summed E-state index contributed by atoms with van der Waals surface area (Å²) in [5.41, 5.74) is 0.449. The Morgan fingerprint density at radius 2 is 1.81 bits per heavy atom. The third-order valence-corrected chi connectivity index (χ3v) is 7.52. The van der Waals surface area contributed by atoms with Gasteiger partial charge >= 0.3 is 0 Å². The van der Waals surface area contributed by atoms with E-state index in [-0.39, 0.29) is 17.4 Å². The highest BCUT2D eigenvalue weighted by Gasteiger charge is 2.42. The number of amides is 1. The summed E-state index contributed by atoms with van der Waals surface area (Å²) in [5, 5.41) is 3.13. The predicted octanol–water partition coefficient (Wildman–Crippen LogP) is 1.74. The van der Waals surface area contributed by atoms with Crippen LogP contribution in [0.2, 0.25) is 0 Å². The number of nitrogens with zero attached hydrogens (tertiary/aromatic N) is 1. The fraction of sp³-hybridized carbons (Fsp3) is 0.650. The van der Waals surface area contributed by atoms with E-state index in [1.807, 2.05) is 24.3 Å². The first-order chi connectivity index (χ1) is 13.0. The van der Waals surface area contributed by atoms with Crippen LogP contribution < -0.4 is 10.1 Å². The fourth-order valence-electron chi connectivity index (χ4n) is 4.28. The zero-order valence-corrected chi connectivity index (χ0v) is 16.9. The zero-order valence-electron chi connectivity index (χ0n) is 16.1. The summed E-state index contributed by atoms with van der Waals surface area (Å²) in [6, 6.07) is 7.84. The van der Waals surface area contributed by atoms with E-state index in [9.17, 15) is 13.2 Å². The Hall–Kier alpha value is -1.60. The first kappa shape index (κ1) is 20.1. The van der Waals surface area contributed by atoms with Crippen molar-refractivity contribution in [3.63, 3.8) is 0 Å². The van der Waals surface area contributed by atoms with Gasteiger partial charge in [-0.25, -0.2) is 8.42 Å². The second kappa shape index (κ2) is 8.61. The van der Waals surface area contributed by atoms with Gasteiger partial charge < -0.3 is 10.1 Å². The van der Waals surface area contributed by atoms with Crippen LogP contribution in [0.5, 0.6) is 5.75 Å². The molecule has 2 fully saturated rings. The Morgan fingerprint density at radius 3 is 2.48 bits per heavy atom. The van der Waals surface area contributed by atoms with Crippen LogP contribution >= 0.6 is 0 Å². The molecule has 1 aromatic rings. The van der Waals surface area contributed by atoms with Gasteiger partial charge in [-0.15, -0.1) is 0 Å². The molecule has 0 aromatic heterocycles. The number of sulfone groups is 1. The van der Waals surface area contributed by atoms with Gasteiger partial charge in [0, 0.05) is 31.7 Å². The summed E-state index contributed by atoms with van der Waals surface area (Å²) in [5.74, 6) is 1.27. The molecule has 0 bridgehead atoms. The van der Waals surface area contributed by atoms with E-state index < -0.39 is 15.3 Å². The number of hydrogen-bond acceptors (Lipinski definition) is 5. The normalized spacial score (nSPS) is 22.1. The molecule has 2 aliphatic rings. The van der Waals surface area contributed by atoms with Crippen molar-refractivity contribution in [2.75, 3.05) is 44.8 Å². The van der Waals surface area contributed by atoms with Crippen molar-refractivity contribution < 1.29 is 17.9 Å². The molecule has 1 saturated heterocycles. The molecule has 0 unspecified atom stereocenters. The SMILES string of the molecule is COc1ccccc1C1(C(=O)NCCN2CCS(=O)(=O)CC2)CCCCC1. The number of benzene rings is 1. The van der Waals surface area contributed by atoms with Crippen molar-refractivity contribution in [3.8, 4) is 5.75 Å². The lowest BCUT2D eigenvalue weighted by molar-refractivity contribution is -0.128. The Kier molecular flexibility index (Phi) is 6.42. The van der Waals surface area contributed by atoms with Crippen molar-refractivity contribution >= 4 is 15.7 Å². The van der Waals surface area contributed by atoms with E-state index in [1.54, 1.807) is 7.11 Å². The van der Waals surface area contributed by atoms with Crippen molar-refractivity contribution in [2.24, 2.45) is 0 Å². The standard InChI is InChI=1S/C20H30N2O4S/c1-26-18-8-4-3-7-17(18)20(9-5-2-6-10-20)19(23)21-11-12-22-13-15-27(24,25)16-14-22/h3-4,7-8H,2,5-6,9-16H2,1H3,(H,21,23). The van der Waals surface area contributed by atoms with Crippen LogP contribution in [0.3, 0.4) is 0 Å². The van der Waals surface area contributed by atoms with Crippen LogP contribution in [0, 0.1) is 0 Å². The number of methoxy groups -OCH3 is 1. The Bertz CT molecular complexity index is 743. The predicted molar refractivity (Wildman–Crippen MR) is 106 cm³/mol.